The van der Waals surface area contributed by atoms with Gasteiger partial charge >= 0.3 is 0 Å². The van der Waals surface area contributed by atoms with Gasteiger partial charge in [0.25, 0.3) is 5.56 Å². The first-order valence-corrected chi connectivity index (χ1v) is 9.24. The Hall–Kier alpha value is -2.50. The van der Waals surface area contributed by atoms with E-state index in [2.05, 4.69) is 45.1 Å². The predicted molar refractivity (Wildman–Crippen MR) is 103 cm³/mol. The molecule has 0 N–H and O–H groups in total. The third-order valence-corrected chi connectivity index (χ3v) is 5.03. The molecule has 1 aliphatic heterocycles. The van der Waals surface area contributed by atoms with Crippen molar-refractivity contribution < 1.29 is 0 Å². The summed E-state index contributed by atoms with van der Waals surface area (Å²) in [5, 5.41) is 0. The Morgan fingerprint density at radius 2 is 1.62 bits per heavy atom. The number of nitrogens with zero attached hydrogens (tertiary/aromatic N) is 4. The number of hydrogen-bond donors (Lipinski definition) is 0. The minimum atomic E-state index is -0.00732. The minimum absolute atomic E-state index is 0.00732. The normalized spacial score (nSPS) is 16.2. The first kappa shape index (κ1) is 16.9. The van der Waals surface area contributed by atoms with E-state index < -0.39 is 0 Å². The number of rotatable bonds is 5. The van der Waals surface area contributed by atoms with Crippen LogP contribution in [0.3, 0.4) is 0 Å². The predicted octanol–water partition coefficient (Wildman–Crippen LogP) is 2.05. The molecule has 3 aromatic rings. The quantitative estimate of drug-likeness (QED) is 0.708. The van der Waals surface area contributed by atoms with Crippen LogP contribution >= 0.6 is 0 Å². The lowest BCUT2D eigenvalue weighted by Gasteiger charge is -2.34. The molecule has 134 valence electrons. The summed E-state index contributed by atoms with van der Waals surface area (Å²) < 4.78 is 1.59. The molecule has 1 aromatic carbocycles. The van der Waals surface area contributed by atoms with E-state index in [4.69, 9.17) is 0 Å². The van der Waals surface area contributed by atoms with Crippen molar-refractivity contribution in [3.8, 4) is 0 Å². The highest BCUT2D eigenvalue weighted by molar-refractivity contribution is 5.37. The third-order valence-electron chi connectivity index (χ3n) is 5.03. The summed E-state index contributed by atoms with van der Waals surface area (Å²) in [4.78, 5) is 21.8. The van der Waals surface area contributed by atoms with Crippen LogP contribution in [0, 0.1) is 0 Å². The summed E-state index contributed by atoms with van der Waals surface area (Å²) in [6, 6.07) is 18.0. The zero-order chi connectivity index (χ0) is 17.8. The molecule has 0 aliphatic carbocycles. The second-order valence-corrected chi connectivity index (χ2v) is 6.87. The Kier molecular flexibility index (Phi) is 5.09. The average Bonchev–Trinajstić information content (AvgIpc) is 2.68. The van der Waals surface area contributed by atoms with Crippen LogP contribution in [0.2, 0.25) is 0 Å². The molecular formula is C21H24N4O. The van der Waals surface area contributed by atoms with Gasteiger partial charge in [0.15, 0.2) is 0 Å². The van der Waals surface area contributed by atoms with Crippen LogP contribution in [0.15, 0.2) is 65.6 Å². The highest BCUT2D eigenvalue weighted by Crippen LogP contribution is 2.09. The lowest BCUT2D eigenvalue weighted by molar-refractivity contribution is 0.127. The summed E-state index contributed by atoms with van der Waals surface area (Å²) in [7, 11) is 0. The maximum Gasteiger partial charge on any atom is 0.258 e. The van der Waals surface area contributed by atoms with Crippen LogP contribution in [-0.4, -0.2) is 51.9 Å². The molecule has 0 unspecified atom stereocenters. The number of pyridine rings is 1. The van der Waals surface area contributed by atoms with Crippen LogP contribution in [0.5, 0.6) is 0 Å². The molecule has 5 nitrogen and oxygen atoms in total. The van der Waals surface area contributed by atoms with Gasteiger partial charge in [-0.2, -0.15) is 0 Å². The van der Waals surface area contributed by atoms with Crippen molar-refractivity contribution in [1.82, 2.24) is 19.2 Å². The third kappa shape index (κ3) is 4.00. The maximum absolute atomic E-state index is 12.2. The van der Waals surface area contributed by atoms with Crippen molar-refractivity contribution in [1.29, 1.82) is 0 Å². The summed E-state index contributed by atoms with van der Waals surface area (Å²) in [6.45, 7) is 6.02. The highest BCUT2D eigenvalue weighted by atomic mass is 16.1. The van der Waals surface area contributed by atoms with Crippen molar-refractivity contribution in [2.24, 2.45) is 0 Å². The minimum Gasteiger partial charge on any atom is -0.300 e. The van der Waals surface area contributed by atoms with E-state index >= 15 is 0 Å². The van der Waals surface area contributed by atoms with E-state index in [1.165, 1.54) is 5.56 Å². The molecule has 2 aromatic heterocycles. The molecule has 5 heteroatoms. The molecule has 0 amide bonds. The van der Waals surface area contributed by atoms with E-state index in [0.29, 0.717) is 0 Å². The topological polar surface area (TPSA) is 40.9 Å². The highest BCUT2D eigenvalue weighted by Gasteiger charge is 2.17. The van der Waals surface area contributed by atoms with Gasteiger partial charge in [-0.15, -0.1) is 0 Å². The largest absolute Gasteiger partial charge is 0.300 e. The van der Waals surface area contributed by atoms with Crippen LogP contribution in [0.1, 0.15) is 11.3 Å². The maximum atomic E-state index is 12.2. The van der Waals surface area contributed by atoms with Gasteiger partial charge < -0.3 is 4.90 Å². The van der Waals surface area contributed by atoms with E-state index in [1.807, 2.05) is 18.2 Å². The Balaban J connectivity index is 1.32. The zero-order valence-corrected chi connectivity index (χ0v) is 14.9. The fourth-order valence-electron chi connectivity index (χ4n) is 3.52. The van der Waals surface area contributed by atoms with E-state index in [-0.39, 0.29) is 5.56 Å². The number of fused-ring (bicyclic) bond motifs is 1. The fraction of sp³-hybridized carbons (Fsp3) is 0.333. The van der Waals surface area contributed by atoms with Crippen molar-refractivity contribution in [2.75, 3.05) is 32.7 Å². The Bertz CT molecular complexity index is 914. The molecular weight excluding hydrogens is 324 g/mol. The monoisotopic (exact) mass is 348 g/mol. The van der Waals surface area contributed by atoms with Crippen molar-refractivity contribution in [2.45, 2.75) is 13.0 Å². The Morgan fingerprint density at radius 1 is 0.885 bits per heavy atom. The first-order chi connectivity index (χ1) is 12.8. The van der Waals surface area contributed by atoms with Gasteiger partial charge in [0, 0.05) is 51.5 Å². The molecule has 0 bridgehead atoms. The standard InChI is InChI=1S/C21H24N4O/c26-21-16-19(22-20-8-4-5-10-25(20)21)17-24-14-12-23(13-15-24)11-9-18-6-2-1-3-7-18/h1-8,10,16H,9,11-15,17H2. The van der Waals surface area contributed by atoms with Gasteiger partial charge in [0.05, 0.1) is 5.69 Å². The first-order valence-electron chi connectivity index (χ1n) is 9.24. The van der Waals surface area contributed by atoms with E-state index in [9.17, 15) is 4.79 Å². The van der Waals surface area contributed by atoms with Crippen LogP contribution in [0.4, 0.5) is 0 Å². The molecule has 26 heavy (non-hydrogen) atoms. The van der Waals surface area contributed by atoms with Gasteiger partial charge in [0.1, 0.15) is 5.65 Å². The molecule has 0 radical (unpaired) electrons. The van der Waals surface area contributed by atoms with Crippen molar-refractivity contribution >= 4 is 5.65 Å². The SMILES string of the molecule is O=c1cc(CN2CCN(CCc3ccccc3)CC2)nc2ccccn12. The summed E-state index contributed by atoms with van der Waals surface area (Å²) in [5.41, 5.74) is 2.97. The average molecular weight is 348 g/mol. The molecule has 0 spiro atoms. The summed E-state index contributed by atoms with van der Waals surface area (Å²) >= 11 is 0. The van der Waals surface area contributed by atoms with Crippen molar-refractivity contribution in [3.05, 3.63) is 82.4 Å². The summed E-state index contributed by atoms with van der Waals surface area (Å²) in [5.74, 6) is 0. The molecule has 1 aliphatic rings. The fourth-order valence-corrected chi connectivity index (χ4v) is 3.52. The zero-order valence-electron chi connectivity index (χ0n) is 14.9. The van der Waals surface area contributed by atoms with Gasteiger partial charge in [-0.05, 0) is 24.1 Å². The number of aromatic nitrogens is 2. The Morgan fingerprint density at radius 3 is 2.42 bits per heavy atom. The van der Waals surface area contributed by atoms with Crippen LogP contribution in [0.25, 0.3) is 5.65 Å². The van der Waals surface area contributed by atoms with Crippen LogP contribution in [-0.2, 0) is 13.0 Å². The molecule has 1 saturated heterocycles. The van der Waals surface area contributed by atoms with E-state index in [1.54, 1.807) is 16.7 Å². The van der Waals surface area contributed by atoms with Gasteiger partial charge in [-0.25, -0.2) is 4.98 Å². The van der Waals surface area contributed by atoms with Gasteiger partial charge in [-0.1, -0.05) is 36.4 Å². The van der Waals surface area contributed by atoms with Gasteiger partial charge in [0.2, 0.25) is 0 Å². The number of piperazine rings is 1. The molecule has 3 heterocycles. The smallest absolute Gasteiger partial charge is 0.258 e. The molecule has 0 atom stereocenters. The molecule has 0 saturated carbocycles. The molecule has 1 fully saturated rings. The second kappa shape index (κ2) is 7.81. The second-order valence-electron chi connectivity index (χ2n) is 6.87. The number of hydrogen-bond acceptors (Lipinski definition) is 4. The lowest BCUT2D eigenvalue weighted by atomic mass is 10.1. The van der Waals surface area contributed by atoms with Crippen molar-refractivity contribution in [3.63, 3.8) is 0 Å². The van der Waals surface area contributed by atoms with Crippen LogP contribution < -0.4 is 5.56 Å². The summed E-state index contributed by atoms with van der Waals surface area (Å²) in [6.07, 6.45) is 2.86. The molecule has 4 rings (SSSR count). The Labute approximate surface area is 153 Å². The van der Waals surface area contributed by atoms with E-state index in [0.717, 1.165) is 57.0 Å². The number of benzene rings is 1. The van der Waals surface area contributed by atoms with Gasteiger partial charge in [-0.3, -0.25) is 14.1 Å². The lowest BCUT2D eigenvalue weighted by Crippen LogP contribution is -2.46.